The molecule has 0 bridgehead atoms. The molecule has 160 valence electrons. The summed E-state index contributed by atoms with van der Waals surface area (Å²) < 4.78 is 0. The van der Waals surface area contributed by atoms with Crippen LogP contribution in [0.1, 0.15) is 105 Å². The molecule has 4 aliphatic carbocycles. The van der Waals surface area contributed by atoms with E-state index in [-0.39, 0.29) is 6.10 Å². The lowest BCUT2D eigenvalue weighted by Gasteiger charge is -2.58. The first kappa shape index (κ1) is 21.0. The van der Waals surface area contributed by atoms with E-state index in [0.29, 0.717) is 10.8 Å². The first-order valence-electron chi connectivity index (χ1n) is 12.6. The van der Waals surface area contributed by atoms with E-state index in [4.69, 9.17) is 0 Å². The summed E-state index contributed by atoms with van der Waals surface area (Å²) in [7, 11) is 0. The zero-order valence-corrected chi connectivity index (χ0v) is 19.3. The summed E-state index contributed by atoms with van der Waals surface area (Å²) >= 11 is 0. The van der Waals surface area contributed by atoms with Crippen LogP contribution >= 0.6 is 0 Å². The molecule has 0 radical (unpaired) electrons. The first-order chi connectivity index (χ1) is 13.3. The van der Waals surface area contributed by atoms with Gasteiger partial charge in [-0.3, -0.25) is 0 Å². The van der Waals surface area contributed by atoms with E-state index in [0.717, 1.165) is 48.3 Å². The molecule has 1 N–H and O–H groups in total. The molecular formula is C27H46O. The van der Waals surface area contributed by atoms with Crippen LogP contribution < -0.4 is 0 Å². The van der Waals surface area contributed by atoms with Gasteiger partial charge in [0.1, 0.15) is 0 Å². The highest BCUT2D eigenvalue weighted by molar-refractivity contribution is 5.25. The molecule has 0 aromatic rings. The molecule has 0 saturated heterocycles. The lowest BCUT2D eigenvalue weighted by Crippen LogP contribution is -2.50. The van der Waals surface area contributed by atoms with Gasteiger partial charge < -0.3 is 5.11 Å². The quantitative estimate of drug-likeness (QED) is 0.488. The molecule has 0 aliphatic heterocycles. The minimum Gasteiger partial charge on any atom is -0.393 e. The second-order valence-corrected chi connectivity index (χ2v) is 12.2. The van der Waals surface area contributed by atoms with Crippen molar-refractivity contribution in [3.63, 3.8) is 0 Å². The molecule has 3 saturated carbocycles. The van der Waals surface area contributed by atoms with Gasteiger partial charge in [0, 0.05) is 0 Å². The highest BCUT2D eigenvalue weighted by Crippen LogP contribution is 2.67. The largest absolute Gasteiger partial charge is 0.393 e. The zero-order valence-electron chi connectivity index (χ0n) is 19.3. The van der Waals surface area contributed by atoms with E-state index in [9.17, 15) is 5.11 Å². The van der Waals surface area contributed by atoms with Gasteiger partial charge in [-0.1, -0.05) is 65.5 Å². The maximum Gasteiger partial charge on any atom is 0.0577 e. The Bertz CT molecular complexity index is 591. The fourth-order valence-electron chi connectivity index (χ4n) is 8.67. The molecule has 4 unspecified atom stereocenters. The maximum absolute atomic E-state index is 10.2. The Morgan fingerprint density at radius 3 is 2.54 bits per heavy atom. The van der Waals surface area contributed by atoms with E-state index >= 15 is 0 Å². The minimum atomic E-state index is -0.0766. The second-order valence-electron chi connectivity index (χ2n) is 12.2. The monoisotopic (exact) mass is 386 g/mol. The number of aliphatic hydroxyl groups excluding tert-OH is 1. The third kappa shape index (κ3) is 3.42. The smallest absolute Gasteiger partial charge is 0.0577 e. The molecule has 1 heteroatoms. The summed E-state index contributed by atoms with van der Waals surface area (Å²) in [5, 5.41) is 10.2. The Balaban J connectivity index is 1.49. The molecule has 0 aromatic carbocycles. The van der Waals surface area contributed by atoms with Gasteiger partial charge in [0.05, 0.1) is 6.10 Å². The van der Waals surface area contributed by atoms with Crippen LogP contribution in [0.4, 0.5) is 0 Å². The van der Waals surface area contributed by atoms with Crippen molar-refractivity contribution in [3.05, 3.63) is 11.6 Å². The normalized spacial score (nSPS) is 46.5. The first-order valence-corrected chi connectivity index (χ1v) is 12.6. The van der Waals surface area contributed by atoms with Gasteiger partial charge in [-0.2, -0.15) is 0 Å². The SMILES string of the molecule is CC(C)CCC[C@@H](C)C1CCC2C3CC=C4C[C@@H](O)CC[C@]4(C)C3CC[C@@]21C. The van der Waals surface area contributed by atoms with Crippen molar-refractivity contribution < 1.29 is 5.11 Å². The van der Waals surface area contributed by atoms with Crippen molar-refractivity contribution in [1.82, 2.24) is 0 Å². The molecule has 0 amide bonds. The molecule has 28 heavy (non-hydrogen) atoms. The Hall–Kier alpha value is -0.300. The standard InChI is InChI=1S/C27H46O/c1-18(2)7-6-8-19(3)23-11-12-24-22-10-9-20-17-21(28)13-15-26(20,4)25(22)14-16-27(23,24)5/h9,18-19,21-25,28H,6-8,10-17H2,1-5H3/t19-,21+,22?,23?,24?,25?,26+,27-/m1/s1. The topological polar surface area (TPSA) is 20.2 Å². The van der Waals surface area contributed by atoms with E-state index in [1.54, 1.807) is 5.57 Å². The second kappa shape index (κ2) is 7.75. The van der Waals surface area contributed by atoms with Gasteiger partial charge in [-0.05, 0) is 97.7 Å². The van der Waals surface area contributed by atoms with Crippen LogP contribution in [0.5, 0.6) is 0 Å². The van der Waals surface area contributed by atoms with Crippen LogP contribution in [-0.2, 0) is 0 Å². The highest BCUT2D eigenvalue weighted by atomic mass is 16.3. The summed E-state index contributed by atoms with van der Waals surface area (Å²) in [6.45, 7) is 12.6. The van der Waals surface area contributed by atoms with Crippen LogP contribution in [0, 0.1) is 46.3 Å². The fourth-order valence-corrected chi connectivity index (χ4v) is 8.67. The molecule has 0 aromatic heterocycles. The number of hydrogen-bond acceptors (Lipinski definition) is 1. The highest BCUT2D eigenvalue weighted by Gasteiger charge is 2.59. The average molecular weight is 387 g/mol. The fraction of sp³-hybridized carbons (Fsp3) is 0.926. The van der Waals surface area contributed by atoms with E-state index in [1.807, 2.05) is 0 Å². The van der Waals surface area contributed by atoms with Crippen LogP contribution in [0.15, 0.2) is 11.6 Å². The van der Waals surface area contributed by atoms with Gasteiger partial charge in [-0.25, -0.2) is 0 Å². The van der Waals surface area contributed by atoms with Gasteiger partial charge in [-0.15, -0.1) is 0 Å². The van der Waals surface area contributed by atoms with Crippen molar-refractivity contribution in [2.24, 2.45) is 46.3 Å². The molecule has 4 aliphatic rings. The molecule has 4 rings (SSSR count). The number of allylic oxidation sites excluding steroid dienone is 1. The number of fused-ring (bicyclic) bond motifs is 5. The van der Waals surface area contributed by atoms with Crippen molar-refractivity contribution in [1.29, 1.82) is 0 Å². The number of rotatable bonds is 5. The van der Waals surface area contributed by atoms with Gasteiger partial charge in [0.25, 0.3) is 0 Å². The Labute approximate surface area is 174 Å². The summed E-state index contributed by atoms with van der Waals surface area (Å²) in [5.74, 6) is 5.46. The lowest BCUT2D eigenvalue weighted by molar-refractivity contribution is -0.0573. The van der Waals surface area contributed by atoms with Crippen LogP contribution in [0.2, 0.25) is 0 Å². The van der Waals surface area contributed by atoms with Crippen molar-refractivity contribution in [3.8, 4) is 0 Å². The summed E-state index contributed by atoms with van der Waals surface area (Å²) in [4.78, 5) is 0. The van der Waals surface area contributed by atoms with Crippen molar-refractivity contribution in [2.45, 2.75) is 111 Å². The molecule has 3 fully saturated rings. The Morgan fingerprint density at radius 2 is 1.79 bits per heavy atom. The van der Waals surface area contributed by atoms with Crippen LogP contribution in [0.25, 0.3) is 0 Å². The van der Waals surface area contributed by atoms with Gasteiger partial charge in [0.2, 0.25) is 0 Å². The summed E-state index contributed by atoms with van der Waals surface area (Å²) in [5.41, 5.74) is 2.60. The Kier molecular flexibility index (Phi) is 5.80. The number of hydrogen-bond donors (Lipinski definition) is 1. The molecule has 0 spiro atoms. The van der Waals surface area contributed by atoms with E-state index < -0.39 is 0 Å². The van der Waals surface area contributed by atoms with Crippen LogP contribution in [-0.4, -0.2) is 11.2 Å². The molecule has 8 atom stereocenters. The summed E-state index contributed by atoms with van der Waals surface area (Å²) in [6, 6.07) is 0. The average Bonchev–Trinajstić information content (AvgIpc) is 2.99. The van der Waals surface area contributed by atoms with Crippen molar-refractivity contribution >= 4 is 0 Å². The molecule has 1 nitrogen and oxygen atoms in total. The third-order valence-corrected chi connectivity index (χ3v) is 10.3. The maximum atomic E-state index is 10.2. The predicted octanol–water partition coefficient (Wildman–Crippen LogP) is 7.39. The van der Waals surface area contributed by atoms with E-state index in [1.165, 1.54) is 57.8 Å². The van der Waals surface area contributed by atoms with Crippen LogP contribution in [0.3, 0.4) is 0 Å². The Morgan fingerprint density at radius 1 is 1.00 bits per heavy atom. The van der Waals surface area contributed by atoms with Gasteiger partial charge >= 0.3 is 0 Å². The molecule has 0 heterocycles. The summed E-state index contributed by atoms with van der Waals surface area (Å²) in [6.07, 6.45) is 17.2. The third-order valence-electron chi connectivity index (χ3n) is 10.3. The zero-order chi connectivity index (χ0) is 20.1. The van der Waals surface area contributed by atoms with E-state index in [2.05, 4.69) is 40.7 Å². The van der Waals surface area contributed by atoms with Gasteiger partial charge in [0.15, 0.2) is 0 Å². The predicted molar refractivity (Wildman–Crippen MR) is 119 cm³/mol. The lowest BCUT2D eigenvalue weighted by atomic mass is 9.47. The van der Waals surface area contributed by atoms with Crippen molar-refractivity contribution in [2.75, 3.05) is 0 Å². The molecular weight excluding hydrogens is 340 g/mol. The number of aliphatic hydroxyl groups is 1. The minimum absolute atomic E-state index is 0.0766.